The molecule has 5 nitrogen and oxygen atoms in total. The van der Waals surface area contributed by atoms with Crippen LogP contribution in [-0.4, -0.2) is 47.0 Å². The van der Waals surface area contributed by atoms with E-state index in [4.69, 9.17) is 0 Å². The highest BCUT2D eigenvalue weighted by molar-refractivity contribution is 9.10. The molecule has 1 aromatic carbocycles. The van der Waals surface area contributed by atoms with Gasteiger partial charge in [-0.3, -0.25) is 4.79 Å². The molecule has 2 heterocycles. The highest BCUT2D eigenvalue weighted by Crippen LogP contribution is 2.30. The summed E-state index contributed by atoms with van der Waals surface area (Å²) in [5.74, 6) is 0.0739. The van der Waals surface area contributed by atoms with E-state index in [0.29, 0.717) is 32.6 Å². The van der Waals surface area contributed by atoms with Crippen LogP contribution in [-0.2, 0) is 11.0 Å². The molecule has 0 spiro atoms. The number of carbonyl (C=O) groups is 1. The number of benzene rings is 1. The van der Waals surface area contributed by atoms with Crippen molar-refractivity contribution in [2.24, 2.45) is 0 Å². The van der Waals surface area contributed by atoms with Crippen LogP contribution in [0, 0.1) is 0 Å². The van der Waals surface area contributed by atoms with E-state index in [1.165, 1.54) is 0 Å². The average molecular weight is 457 g/mol. The molecule has 1 aliphatic heterocycles. The second-order valence-corrected chi connectivity index (χ2v) is 7.42. The predicted octanol–water partition coefficient (Wildman–Crippen LogP) is 4.10. The van der Waals surface area contributed by atoms with Crippen molar-refractivity contribution in [3.63, 3.8) is 0 Å². The Morgan fingerprint density at radius 3 is 2.29 bits per heavy atom. The number of hydrogen-bond acceptors (Lipinski definition) is 4. The highest BCUT2D eigenvalue weighted by Gasteiger charge is 2.32. The van der Waals surface area contributed by atoms with Crippen molar-refractivity contribution in [1.29, 1.82) is 0 Å². The molecule has 3 rings (SSSR count). The van der Waals surface area contributed by atoms with E-state index in [1.807, 2.05) is 31.2 Å². The number of alkyl halides is 3. The Balaban J connectivity index is 1.64. The van der Waals surface area contributed by atoms with Gasteiger partial charge in [0.25, 0.3) is 0 Å². The van der Waals surface area contributed by atoms with Gasteiger partial charge in [-0.25, -0.2) is 9.97 Å². The van der Waals surface area contributed by atoms with Crippen LogP contribution in [0.1, 0.15) is 30.4 Å². The second-order valence-electron chi connectivity index (χ2n) is 6.56. The number of carbonyl (C=O) groups excluding carboxylic acids is 1. The monoisotopic (exact) mass is 456 g/mol. The molecule has 9 heteroatoms. The second kappa shape index (κ2) is 8.46. The lowest BCUT2D eigenvalue weighted by molar-refractivity contribution is -0.138. The predicted molar refractivity (Wildman–Crippen MR) is 103 cm³/mol. The molecule has 1 unspecified atom stereocenters. The minimum absolute atomic E-state index is 0.0578. The van der Waals surface area contributed by atoms with Crippen LogP contribution in [0.25, 0.3) is 0 Å². The van der Waals surface area contributed by atoms with Crippen LogP contribution in [0.3, 0.4) is 0 Å². The van der Waals surface area contributed by atoms with E-state index < -0.39 is 11.7 Å². The summed E-state index contributed by atoms with van der Waals surface area (Å²) >= 11 is 3.51. The molecule has 0 radical (unpaired) electrons. The summed E-state index contributed by atoms with van der Waals surface area (Å²) in [5, 5.41) is 0. The fourth-order valence-electron chi connectivity index (χ4n) is 3.26. The molecule has 1 aliphatic rings. The molecule has 2 aromatic rings. The Hall–Kier alpha value is -2.16. The number of piperazine rings is 1. The molecule has 0 bridgehead atoms. The van der Waals surface area contributed by atoms with Crippen molar-refractivity contribution in [1.82, 2.24) is 14.9 Å². The van der Waals surface area contributed by atoms with Crippen LogP contribution in [0.4, 0.5) is 19.1 Å². The first kappa shape index (κ1) is 20.6. The molecule has 150 valence electrons. The molecule has 0 saturated carbocycles. The van der Waals surface area contributed by atoms with E-state index >= 15 is 0 Å². The Bertz CT molecular complexity index is 821. The van der Waals surface area contributed by atoms with E-state index in [1.54, 1.807) is 9.80 Å². The maximum Gasteiger partial charge on any atom is 0.419 e. The number of halogens is 4. The number of amides is 1. The van der Waals surface area contributed by atoms with Crippen molar-refractivity contribution in [3.05, 3.63) is 52.3 Å². The Kier molecular flexibility index (Phi) is 6.22. The highest BCUT2D eigenvalue weighted by atomic mass is 79.9. The van der Waals surface area contributed by atoms with Gasteiger partial charge in [-0.15, -0.1) is 0 Å². The summed E-state index contributed by atoms with van der Waals surface area (Å²) in [6.45, 7) is 3.88. The van der Waals surface area contributed by atoms with Gasteiger partial charge in [-0.1, -0.05) is 41.1 Å². The van der Waals surface area contributed by atoms with Gasteiger partial charge in [0, 0.05) is 43.0 Å². The number of aromatic nitrogens is 2. The Labute approximate surface area is 169 Å². The topological polar surface area (TPSA) is 49.3 Å². The fraction of sp³-hybridized carbons (Fsp3) is 0.421. The van der Waals surface area contributed by atoms with Crippen molar-refractivity contribution >= 4 is 27.8 Å². The summed E-state index contributed by atoms with van der Waals surface area (Å²) in [6, 6.07) is 7.69. The maximum absolute atomic E-state index is 13.0. The molecule has 1 fully saturated rings. The lowest BCUT2D eigenvalue weighted by Gasteiger charge is -2.36. The van der Waals surface area contributed by atoms with Gasteiger partial charge in [0.1, 0.15) is 0 Å². The molecule has 0 aliphatic carbocycles. The lowest BCUT2D eigenvalue weighted by Crippen LogP contribution is -2.50. The zero-order valence-electron chi connectivity index (χ0n) is 15.3. The molecule has 1 aromatic heterocycles. The number of hydrogen-bond donors (Lipinski definition) is 0. The first-order valence-electron chi connectivity index (χ1n) is 8.98. The van der Waals surface area contributed by atoms with E-state index in [0.717, 1.165) is 22.4 Å². The van der Waals surface area contributed by atoms with Crippen LogP contribution < -0.4 is 4.90 Å². The average Bonchev–Trinajstić information content (AvgIpc) is 2.69. The fourth-order valence-corrected chi connectivity index (χ4v) is 3.82. The van der Waals surface area contributed by atoms with Gasteiger partial charge in [0.05, 0.1) is 11.5 Å². The molecule has 28 heavy (non-hydrogen) atoms. The quantitative estimate of drug-likeness (QED) is 0.694. The molecule has 1 atom stereocenters. The van der Waals surface area contributed by atoms with Crippen molar-refractivity contribution in [2.45, 2.75) is 25.4 Å². The van der Waals surface area contributed by atoms with Gasteiger partial charge in [-0.05, 0) is 18.1 Å². The van der Waals surface area contributed by atoms with Crippen LogP contribution >= 0.6 is 15.9 Å². The summed E-state index contributed by atoms with van der Waals surface area (Å²) in [5.41, 5.74) is 0.0905. The SMILES string of the molecule is CCC(C(=O)N1CCN(c2ncc(C(F)(F)F)cn2)CC1)c1ccccc1Br. The van der Waals surface area contributed by atoms with Gasteiger partial charge < -0.3 is 9.80 Å². The zero-order valence-corrected chi connectivity index (χ0v) is 16.9. The third-order valence-corrected chi connectivity index (χ3v) is 5.55. The summed E-state index contributed by atoms with van der Waals surface area (Å²) < 4.78 is 38.8. The van der Waals surface area contributed by atoms with Gasteiger partial charge in [0.15, 0.2) is 0 Å². The van der Waals surface area contributed by atoms with Gasteiger partial charge >= 0.3 is 6.18 Å². The number of nitrogens with zero attached hydrogens (tertiary/aromatic N) is 4. The third-order valence-electron chi connectivity index (χ3n) is 4.83. The van der Waals surface area contributed by atoms with E-state index in [2.05, 4.69) is 25.9 Å². The van der Waals surface area contributed by atoms with Crippen LogP contribution in [0.5, 0.6) is 0 Å². The minimum Gasteiger partial charge on any atom is -0.339 e. The van der Waals surface area contributed by atoms with Gasteiger partial charge in [-0.2, -0.15) is 13.2 Å². The standard InChI is InChI=1S/C19H20BrF3N4O/c1-2-14(15-5-3-4-6-16(15)20)17(28)26-7-9-27(10-8-26)18-24-11-13(12-25-18)19(21,22)23/h3-6,11-12,14H,2,7-10H2,1H3. The first-order valence-corrected chi connectivity index (χ1v) is 9.78. The first-order chi connectivity index (χ1) is 13.3. The lowest BCUT2D eigenvalue weighted by atomic mass is 9.94. The normalized spacial score (nSPS) is 16.2. The van der Waals surface area contributed by atoms with E-state index in [9.17, 15) is 18.0 Å². The van der Waals surface area contributed by atoms with Crippen molar-refractivity contribution in [2.75, 3.05) is 31.1 Å². The summed E-state index contributed by atoms with van der Waals surface area (Å²) in [4.78, 5) is 24.3. The maximum atomic E-state index is 13.0. The molecular formula is C19H20BrF3N4O. The van der Waals surface area contributed by atoms with Gasteiger partial charge in [0.2, 0.25) is 11.9 Å². The van der Waals surface area contributed by atoms with E-state index in [-0.39, 0.29) is 17.8 Å². The van der Waals surface area contributed by atoms with Crippen molar-refractivity contribution in [3.8, 4) is 0 Å². The number of rotatable bonds is 4. The van der Waals surface area contributed by atoms with Crippen LogP contribution in [0.2, 0.25) is 0 Å². The largest absolute Gasteiger partial charge is 0.419 e. The van der Waals surface area contributed by atoms with Crippen LogP contribution in [0.15, 0.2) is 41.1 Å². The summed E-state index contributed by atoms with van der Waals surface area (Å²) in [7, 11) is 0. The van der Waals surface area contributed by atoms with Crippen molar-refractivity contribution < 1.29 is 18.0 Å². The third kappa shape index (κ3) is 4.45. The number of anilines is 1. The summed E-state index contributed by atoms with van der Waals surface area (Å²) in [6.07, 6.45) is -2.19. The molecule has 0 N–H and O–H groups in total. The Morgan fingerprint density at radius 1 is 1.14 bits per heavy atom. The molecule has 1 amide bonds. The smallest absolute Gasteiger partial charge is 0.339 e. The minimum atomic E-state index is -4.45. The zero-order chi connectivity index (χ0) is 20.3. The molecular weight excluding hydrogens is 437 g/mol. The Morgan fingerprint density at radius 2 is 1.75 bits per heavy atom. The molecule has 1 saturated heterocycles.